The number of hydrogen-bond acceptors (Lipinski definition) is 4. The van der Waals surface area contributed by atoms with Gasteiger partial charge in [0.05, 0.1) is 5.56 Å². The van der Waals surface area contributed by atoms with Crippen molar-refractivity contribution < 1.29 is 14.6 Å². The number of para-hydroxylation sites is 1. The van der Waals surface area contributed by atoms with Gasteiger partial charge in [0.15, 0.2) is 0 Å². The van der Waals surface area contributed by atoms with Crippen LogP contribution < -0.4 is 15.8 Å². The first-order valence-electron chi connectivity index (χ1n) is 6.05. The molecular weight excluding hydrogens is 232 g/mol. The highest BCUT2D eigenvalue weighted by molar-refractivity contribution is 5.95. The van der Waals surface area contributed by atoms with Gasteiger partial charge >= 0.3 is 0 Å². The molecule has 0 aliphatic carbocycles. The summed E-state index contributed by atoms with van der Waals surface area (Å²) in [4.78, 5) is 11.1. The molecule has 5 heteroatoms. The van der Waals surface area contributed by atoms with Gasteiger partial charge in [0, 0.05) is 6.54 Å². The van der Waals surface area contributed by atoms with Crippen molar-refractivity contribution in [1.29, 1.82) is 0 Å². The fraction of sp³-hybridized carbons (Fsp3) is 0.462. The fourth-order valence-corrected chi connectivity index (χ4v) is 1.49. The molecule has 0 saturated heterocycles. The number of primary amides is 1. The van der Waals surface area contributed by atoms with Crippen LogP contribution in [-0.4, -0.2) is 36.8 Å². The Balaban J connectivity index is 2.45. The van der Waals surface area contributed by atoms with Gasteiger partial charge in [-0.1, -0.05) is 19.1 Å². The third-order valence-electron chi connectivity index (χ3n) is 2.39. The molecule has 4 N–H and O–H groups in total. The maximum atomic E-state index is 11.1. The highest BCUT2D eigenvalue weighted by Gasteiger charge is 2.10. The van der Waals surface area contributed by atoms with Crippen LogP contribution in [-0.2, 0) is 0 Å². The Morgan fingerprint density at radius 1 is 1.50 bits per heavy atom. The Morgan fingerprint density at radius 3 is 2.89 bits per heavy atom. The van der Waals surface area contributed by atoms with Crippen molar-refractivity contribution in [3.8, 4) is 5.75 Å². The third kappa shape index (κ3) is 4.73. The van der Waals surface area contributed by atoms with E-state index in [0.29, 0.717) is 17.9 Å². The van der Waals surface area contributed by atoms with Gasteiger partial charge in [0.1, 0.15) is 18.5 Å². The maximum absolute atomic E-state index is 11.1. The Morgan fingerprint density at radius 2 is 2.22 bits per heavy atom. The predicted molar refractivity (Wildman–Crippen MR) is 69.6 cm³/mol. The van der Waals surface area contributed by atoms with Gasteiger partial charge in [-0.15, -0.1) is 0 Å². The van der Waals surface area contributed by atoms with Gasteiger partial charge in [-0.2, -0.15) is 0 Å². The summed E-state index contributed by atoms with van der Waals surface area (Å²) in [5.41, 5.74) is 5.55. The summed E-state index contributed by atoms with van der Waals surface area (Å²) in [7, 11) is 0. The van der Waals surface area contributed by atoms with Gasteiger partial charge < -0.3 is 20.9 Å². The summed E-state index contributed by atoms with van der Waals surface area (Å²) in [6, 6.07) is 6.72. The van der Waals surface area contributed by atoms with Crippen molar-refractivity contribution in [3.63, 3.8) is 0 Å². The van der Waals surface area contributed by atoms with Crippen LogP contribution in [0.25, 0.3) is 0 Å². The van der Waals surface area contributed by atoms with Crippen molar-refractivity contribution in [1.82, 2.24) is 5.32 Å². The summed E-state index contributed by atoms with van der Waals surface area (Å²) >= 11 is 0. The van der Waals surface area contributed by atoms with E-state index in [-0.39, 0.29) is 6.61 Å². The van der Waals surface area contributed by atoms with E-state index in [4.69, 9.17) is 10.5 Å². The van der Waals surface area contributed by atoms with Crippen molar-refractivity contribution in [2.24, 2.45) is 5.73 Å². The molecule has 0 saturated carbocycles. The molecule has 100 valence electrons. The average Bonchev–Trinajstić information content (AvgIpc) is 2.37. The first kappa shape index (κ1) is 14.5. The molecule has 0 aromatic heterocycles. The van der Waals surface area contributed by atoms with E-state index in [1.807, 2.05) is 0 Å². The normalized spacial score (nSPS) is 12.1. The Hall–Kier alpha value is -1.59. The number of carbonyl (C=O) groups is 1. The van der Waals surface area contributed by atoms with Gasteiger partial charge in [0.25, 0.3) is 5.91 Å². The van der Waals surface area contributed by atoms with E-state index in [1.165, 1.54) is 0 Å². The third-order valence-corrected chi connectivity index (χ3v) is 2.39. The molecule has 0 radical (unpaired) electrons. The van der Waals surface area contributed by atoms with E-state index in [1.54, 1.807) is 24.3 Å². The van der Waals surface area contributed by atoms with Gasteiger partial charge in [0.2, 0.25) is 0 Å². The molecule has 0 heterocycles. The van der Waals surface area contributed by atoms with Crippen molar-refractivity contribution in [3.05, 3.63) is 29.8 Å². The number of ether oxygens (including phenoxy) is 1. The highest BCUT2D eigenvalue weighted by Crippen LogP contribution is 2.17. The monoisotopic (exact) mass is 252 g/mol. The lowest BCUT2D eigenvalue weighted by molar-refractivity contribution is 0.0964. The second-order valence-corrected chi connectivity index (χ2v) is 4.03. The molecule has 5 nitrogen and oxygen atoms in total. The summed E-state index contributed by atoms with van der Waals surface area (Å²) in [5.74, 6) is -0.135. The number of benzene rings is 1. The second-order valence-electron chi connectivity index (χ2n) is 4.03. The molecule has 0 fully saturated rings. The number of rotatable bonds is 8. The molecule has 1 aromatic rings. The lowest BCUT2D eigenvalue weighted by atomic mass is 10.2. The van der Waals surface area contributed by atoms with Crippen LogP contribution in [0.1, 0.15) is 23.7 Å². The Bertz CT molecular complexity index is 382. The van der Waals surface area contributed by atoms with Crippen LogP contribution in [0.15, 0.2) is 24.3 Å². The number of nitrogens with one attached hydrogen (secondary N) is 1. The van der Waals surface area contributed by atoms with Gasteiger partial charge in [-0.05, 0) is 25.1 Å². The topological polar surface area (TPSA) is 84.6 Å². The lowest BCUT2D eigenvalue weighted by Gasteiger charge is -2.14. The molecule has 1 amide bonds. The largest absolute Gasteiger partial charge is 0.490 e. The molecule has 1 aromatic carbocycles. The van der Waals surface area contributed by atoms with Crippen molar-refractivity contribution >= 4 is 5.91 Å². The lowest BCUT2D eigenvalue weighted by Crippen LogP contribution is -2.32. The van der Waals surface area contributed by atoms with Crippen LogP contribution in [0.3, 0.4) is 0 Å². The zero-order chi connectivity index (χ0) is 13.4. The number of aliphatic hydroxyl groups excluding tert-OH is 1. The molecule has 18 heavy (non-hydrogen) atoms. The average molecular weight is 252 g/mol. The van der Waals surface area contributed by atoms with E-state index >= 15 is 0 Å². The first-order valence-corrected chi connectivity index (χ1v) is 6.05. The number of hydrogen-bond donors (Lipinski definition) is 3. The van der Waals surface area contributed by atoms with Crippen LogP contribution in [0, 0.1) is 0 Å². The quantitative estimate of drug-likeness (QED) is 0.589. The van der Waals surface area contributed by atoms with E-state index < -0.39 is 12.0 Å². The predicted octanol–water partition coefficient (Wildman–Crippen LogP) is 0.525. The minimum atomic E-state index is -0.613. The first-order chi connectivity index (χ1) is 8.65. The van der Waals surface area contributed by atoms with E-state index in [9.17, 15) is 9.90 Å². The number of nitrogens with two attached hydrogens (primary N) is 1. The number of amides is 1. The summed E-state index contributed by atoms with van der Waals surface area (Å²) in [6.07, 6.45) is 0.399. The van der Waals surface area contributed by atoms with Crippen LogP contribution in [0.4, 0.5) is 0 Å². The molecule has 0 aliphatic rings. The molecule has 0 bridgehead atoms. The molecule has 0 aliphatic heterocycles. The SMILES string of the molecule is CCCNCC(O)COc1ccccc1C(N)=O. The fourth-order valence-electron chi connectivity index (χ4n) is 1.49. The van der Waals surface area contributed by atoms with E-state index in [0.717, 1.165) is 13.0 Å². The van der Waals surface area contributed by atoms with Crippen molar-refractivity contribution in [2.45, 2.75) is 19.4 Å². The molecular formula is C13H20N2O3. The molecule has 0 spiro atoms. The van der Waals surface area contributed by atoms with E-state index in [2.05, 4.69) is 12.2 Å². The zero-order valence-corrected chi connectivity index (χ0v) is 10.6. The van der Waals surface area contributed by atoms with Crippen LogP contribution >= 0.6 is 0 Å². The highest BCUT2D eigenvalue weighted by atomic mass is 16.5. The van der Waals surface area contributed by atoms with Crippen molar-refractivity contribution in [2.75, 3.05) is 19.7 Å². The van der Waals surface area contributed by atoms with Crippen LogP contribution in [0.2, 0.25) is 0 Å². The van der Waals surface area contributed by atoms with Crippen LogP contribution in [0.5, 0.6) is 5.75 Å². The smallest absolute Gasteiger partial charge is 0.252 e. The molecule has 1 unspecified atom stereocenters. The standard InChI is InChI=1S/C13H20N2O3/c1-2-7-15-8-10(16)9-18-12-6-4-3-5-11(12)13(14)17/h3-6,10,15-16H,2,7-9H2,1H3,(H2,14,17). The summed E-state index contributed by atoms with van der Waals surface area (Å²) in [5, 5.41) is 12.7. The summed E-state index contributed by atoms with van der Waals surface area (Å²) < 4.78 is 5.40. The Labute approximate surface area is 107 Å². The molecule has 1 rings (SSSR count). The summed E-state index contributed by atoms with van der Waals surface area (Å²) in [6.45, 7) is 3.50. The zero-order valence-electron chi connectivity index (χ0n) is 10.6. The molecule has 1 atom stereocenters. The maximum Gasteiger partial charge on any atom is 0.252 e. The number of carbonyl (C=O) groups excluding carboxylic acids is 1. The van der Waals surface area contributed by atoms with Gasteiger partial charge in [-0.3, -0.25) is 4.79 Å². The Kier molecular flexibility index (Phi) is 6.18. The number of aliphatic hydroxyl groups is 1. The minimum Gasteiger partial charge on any atom is -0.490 e. The minimum absolute atomic E-state index is 0.126. The second kappa shape index (κ2) is 7.68. The van der Waals surface area contributed by atoms with Gasteiger partial charge in [-0.25, -0.2) is 0 Å².